The van der Waals surface area contributed by atoms with Crippen LogP contribution in [0.1, 0.15) is 18.9 Å². The van der Waals surface area contributed by atoms with Gasteiger partial charge >= 0.3 is 0 Å². The molecule has 100 valence electrons. The van der Waals surface area contributed by atoms with E-state index in [4.69, 9.17) is 11.6 Å². The Bertz CT molecular complexity index is 558. The van der Waals surface area contributed by atoms with E-state index in [1.807, 2.05) is 12.1 Å². The number of benzene rings is 1. The number of rotatable bonds is 5. The zero-order chi connectivity index (χ0) is 13.7. The van der Waals surface area contributed by atoms with Crippen LogP contribution in [0.5, 0.6) is 0 Å². The SMILES string of the molecule is CCCNCc1ccc(-c2ccncc2F)cc1Cl. The second-order valence-corrected chi connectivity index (χ2v) is 4.75. The molecule has 1 N–H and O–H groups in total. The Balaban J connectivity index is 2.21. The average molecular weight is 279 g/mol. The number of aromatic nitrogens is 1. The lowest BCUT2D eigenvalue weighted by molar-refractivity contribution is 0.625. The van der Waals surface area contributed by atoms with Crippen LogP contribution in [0.25, 0.3) is 11.1 Å². The topological polar surface area (TPSA) is 24.9 Å². The Morgan fingerprint density at radius 2 is 2.16 bits per heavy atom. The number of pyridine rings is 1. The van der Waals surface area contributed by atoms with Gasteiger partial charge in [0.15, 0.2) is 0 Å². The fourth-order valence-electron chi connectivity index (χ4n) is 1.87. The molecule has 0 spiro atoms. The third-order valence-electron chi connectivity index (χ3n) is 2.88. The Labute approximate surface area is 117 Å². The largest absolute Gasteiger partial charge is 0.313 e. The Hall–Kier alpha value is -1.45. The monoisotopic (exact) mass is 278 g/mol. The quantitative estimate of drug-likeness (QED) is 0.835. The summed E-state index contributed by atoms with van der Waals surface area (Å²) in [7, 11) is 0. The molecule has 2 rings (SSSR count). The lowest BCUT2D eigenvalue weighted by Crippen LogP contribution is -2.13. The van der Waals surface area contributed by atoms with Crippen LogP contribution in [0.4, 0.5) is 4.39 Å². The van der Waals surface area contributed by atoms with Crippen LogP contribution >= 0.6 is 11.6 Å². The number of halogens is 2. The predicted octanol–water partition coefficient (Wildman–Crippen LogP) is 4.04. The number of hydrogen-bond acceptors (Lipinski definition) is 2. The van der Waals surface area contributed by atoms with E-state index in [2.05, 4.69) is 17.2 Å². The summed E-state index contributed by atoms with van der Waals surface area (Å²) in [6.07, 6.45) is 3.86. The highest BCUT2D eigenvalue weighted by molar-refractivity contribution is 6.31. The van der Waals surface area contributed by atoms with Crippen molar-refractivity contribution in [2.24, 2.45) is 0 Å². The number of hydrogen-bond donors (Lipinski definition) is 1. The van der Waals surface area contributed by atoms with Crippen LogP contribution < -0.4 is 5.32 Å². The molecule has 0 aliphatic heterocycles. The summed E-state index contributed by atoms with van der Waals surface area (Å²) >= 11 is 6.23. The van der Waals surface area contributed by atoms with E-state index in [1.165, 1.54) is 6.20 Å². The molecule has 1 aromatic carbocycles. The zero-order valence-corrected chi connectivity index (χ0v) is 11.5. The van der Waals surface area contributed by atoms with Crippen LogP contribution in [-0.2, 0) is 6.54 Å². The average Bonchev–Trinajstić information content (AvgIpc) is 2.41. The first-order chi connectivity index (χ1) is 9.22. The molecule has 1 heterocycles. The lowest BCUT2D eigenvalue weighted by Gasteiger charge is -2.09. The molecule has 0 amide bonds. The molecule has 0 aliphatic carbocycles. The van der Waals surface area contributed by atoms with Crippen molar-refractivity contribution in [2.75, 3.05) is 6.54 Å². The Morgan fingerprint density at radius 1 is 1.32 bits per heavy atom. The van der Waals surface area contributed by atoms with Crippen molar-refractivity contribution in [2.45, 2.75) is 19.9 Å². The van der Waals surface area contributed by atoms with Gasteiger partial charge < -0.3 is 5.32 Å². The summed E-state index contributed by atoms with van der Waals surface area (Å²) < 4.78 is 13.6. The van der Waals surface area contributed by atoms with Crippen molar-refractivity contribution in [3.8, 4) is 11.1 Å². The van der Waals surface area contributed by atoms with E-state index >= 15 is 0 Å². The van der Waals surface area contributed by atoms with Gasteiger partial charge in [-0.15, -0.1) is 0 Å². The Kier molecular flexibility index (Phi) is 4.88. The smallest absolute Gasteiger partial charge is 0.149 e. The van der Waals surface area contributed by atoms with Crippen molar-refractivity contribution in [1.82, 2.24) is 10.3 Å². The predicted molar refractivity (Wildman–Crippen MR) is 76.6 cm³/mol. The molecule has 0 aliphatic rings. The van der Waals surface area contributed by atoms with Gasteiger partial charge in [-0.1, -0.05) is 30.7 Å². The van der Waals surface area contributed by atoms with Crippen molar-refractivity contribution in [3.63, 3.8) is 0 Å². The fourth-order valence-corrected chi connectivity index (χ4v) is 2.11. The van der Waals surface area contributed by atoms with E-state index in [0.717, 1.165) is 30.6 Å². The second kappa shape index (κ2) is 6.64. The van der Waals surface area contributed by atoms with Crippen LogP contribution in [0.2, 0.25) is 5.02 Å². The summed E-state index contributed by atoms with van der Waals surface area (Å²) in [6, 6.07) is 7.26. The van der Waals surface area contributed by atoms with Crippen LogP contribution in [0.3, 0.4) is 0 Å². The standard InChI is InChI=1S/C15H16ClFN2/c1-2-6-18-9-12-4-3-11(8-14(12)16)13-5-7-19-10-15(13)17/h3-5,7-8,10,18H,2,6,9H2,1H3. The van der Waals surface area contributed by atoms with Crippen molar-refractivity contribution < 1.29 is 4.39 Å². The normalized spacial score (nSPS) is 10.7. The molecule has 19 heavy (non-hydrogen) atoms. The van der Waals surface area contributed by atoms with Crippen LogP contribution in [-0.4, -0.2) is 11.5 Å². The van der Waals surface area contributed by atoms with Crippen molar-refractivity contribution in [1.29, 1.82) is 0 Å². The first-order valence-corrected chi connectivity index (χ1v) is 6.69. The summed E-state index contributed by atoms with van der Waals surface area (Å²) in [4.78, 5) is 3.74. The van der Waals surface area contributed by atoms with Crippen molar-refractivity contribution >= 4 is 11.6 Å². The van der Waals surface area contributed by atoms with Gasteiger partial charge in [-0.25, -0.2) is 4.39 Å². The summed E-state index contributed by atoms with van der Waals surface area (Å²) in [6.45, 7) is 3.80. The van der Waals surface area contributed by atoms with Gasteiger partial charge in [0.05, 0.1) is 6.20 Å². The molecule has 0 radical (unpaired) electrons. The molecule has 0 bridgehead atoms. The lowest BCUT2D eigenvalue weighted by atomic mass is 10.0. The number of nitrogens with zero attached hydrogens (tertiary/aromatic N) is 1. The van der Waals surface area contributed by atoms with Gasteiger partial charge in [0, 0.05) is 23.3 Å². The first kappa shape index (κ1) is 14.0. The maximum absolute atomic E-state index is 13.6. The molecule has 2 nitrogen and oxygen atoms in total. The van der Waals surface area contributed by atoms with Gasteiger partial charge in [-0.2, -0.15) is 0 Å². The minimum atomic E-state index is -0.338. The molecular weight excluding hydrogens is 263 g/mol. The molecule has 0 saturated carbocycles. The maximum Gasteiger partial charge on any atom is 0.149 e. The number of nitrogens with one attached hydrogen (secondary N) is 1. The van der Waals surface area contributed by atoms with Gasteiger partial charge in [-0.3, -0.25) is 4.98 Å². The van der Waals surface area contributed by atoms with Gasteiger partial charge in [-0.05, 0) is 36.2 Å². The van der Waals surface area contributed by atoms with E-state index in [0.29, 0.717) is 10.6 Å². The minimum Gasteiger partial charge on any atom is -0.313 e. The molecule has 1 aromatic heterocycles. The second-order valence-electron chi connectivity index (χ2n) is 4.34. The maximum atomic E-state index is 13.6. The highest BCUT2D eigenvalue weighted by Crippen LogP contribution is 2.27. The molecule has 0 fully saturated rings. The summed E-state index contributed by atoms with van der Waals surface area (Å²) in [5.41, 5.74) is 2.31. The molecular formula is C15H16ClFN2. The van der Waals surface area contributed by atoms with Gasteiger partial charge in [0.2, 0.25) is 0 Å². The molecule has 0 unspecified atom stereocenters. The first-order valence-electron chi connectivity index (χ1n) is 6.31. The molecule has 2 aromatic rings. The van der Waals surface area contributed by atoms with E-state index in [-0.39, 0.29) is 5.82 Å². The highest BCUT2D eigenvalue weighted by atomic mass is 35.5. The third-order valence-corrected chi connectivity index (χ3v) is 3.23. The zero-order valence-electron chi connectivity index (χ0n) is 10.8. The highest BCUT2D eigenvalue weighted by Gasteiger charge is 2.07. The van der Waals surface area contributed by atoms with E-state index < -0.39 is 0 Å². The van der Waals surface area contributed by atoms with Crippen LogP contribution in [0.15, 0.2) is 36.7 Å². The third kappa shape index (κ3) is 3.52. The molecule has 4 heteroatoms. The molecule has 0 saturated heterocycles. The summed E-state index contributed by atoms with van der Waals surface area (Å²) in [5, 5.41) is 3.94. The van der Waals surface area contributed by atoms with E-state index in [1.54, 1.807) is 18.3 Å². The Morgan fingerprint density at radius 3 is 2.84 bits per heavy atom. The van der Waals surface area contributed by atoms with Gasteiger partial charge in [0.25, 0.3) is 0 Å². The van der Waals surface area contributed by atoms with Gasteiger partial charge in [0.1, 0.15) is 5.82 Å². The summed E-state index contributed by atoms with van der Waals surface area (Å²) in [5.74, 6) is -0.338. The van der Waals surface area contributed by atoms with Crippen LogP contribution in [0, 0.1) is 5.82 Å². The minimum absolute atomic E-state index is 0.338. The van der Waals surface area contributed by atoms with E-state index in [9.17, 15) is 4.39 Å². The fraction of sp³-hybridized carbons (Fsp3) is 0.267. The van der Waals surface area contributed by atoms with Crippen molar-refractivity contribution in [3.05, 3.63) is 53.1 Å². The molecule has 0 atom stereocenters.